The van der Waals surface area contributed by atoms with Crippen LogP contribution in [-0.4, -0.2) is 44.5 Å². The van der Waals surface area contributed by atoms with Crippen molar-refractivity contribution >= 4 is 16.0 Å². The number of hydrogen-bond donors (Lipinski definition) is 2. The van der Waals surface area contributed by atoms with Gasteiger partial charge in [0, 0.05) is 6.54 Å². The molecule has 0 atom stereocenters. The second-order valence-corrected chi connectivity index (χ2v) is 8.12. The van der Waals surface area contributed by atoms with Crippen molar-refractivity contribution in [2.75, 3.05) is 18.9 Å². The fraction of sp³-hybridized carbons (Fsp3) is 0.929. The number of aliphatic carboxylic acids is 1. The second-order valence-electron chi connectivity index (χ2n) is 6.19. The number of carboxylic acid groups (broad SMARTS) is 1. The highest BCUT2D eigenvalue weighted by molar-refractivity contribution is 7.89. The third-order valence-corrected chi connectivity index (χ3v) is 5.20. The Balaban J connectivity index is 2.53. The van der Waals surface area contributed by atoms with Crippen molar-refractivity contribution in [2.45, 2.75) is 58.5 Å². The molecule has 1 aliphatic rings. The molecule has 0 heterocycles. The summed E-state index contributed by atoms with van der Waals surface area (Å²) in [5.74, 6) is -0.951. The van der Waals surface area contributed by atoms with E-state index in [1.54, 1.807) is 0 Å². The average molecular weight is 321 g/mol. The van der Waals surface area contributed by atoms with Gasteiger partial charge in [0.1, 0.15) is 0 Å². The van der Waals surface area contributed by atoms with Gasteiger partial charge in [-0.2, -0.15) is 0 Å². The lowest BCUT2D eigenvalue weighted by molar-refractivity contribution is -0.140. The zero-order valence-corrected chi connectivity index (χ0v) is 13.7. The normalized spacial score (nSPS) is 18.8. The Labute approximate surface area is 127 Å². The predicted octanol–water partition coefficient (Wildman–Crippen LogP) is 1.76. The van der Waals surface area contributed by atoms with Gasteiger partial charge < -0.3 is 9.84 Å². The molecule has 0 aliphatic heterocycles. The van der Waals surface area contributed by atoms with Gasteiger partial charge in [-0.1, -0.05) is 19.3 Å². The van der Waals surface area contributed by atoms with E-state index in [0.717, 1.165) is 32.1 Å². The SMILES string of the molecule is CC(C)OCCS(=O)(=O)NCC1(CC(=O)O)CCCCC1. The number of carboxylic acids is 1. The molecule has 1 rings (SSSR count). The largest absolute Gasteiger partial charge is 0.481 e. The topological polar surface area (TPSA) is 92.7 Å². The maximum atomic E-state index is 11.9. The Kier molecular flexibility index (Phi) is 7.09. The number of sulfonamides is 1. The summed E-state index contributed by atoms with van der Waals surface area (Å²) in [5.41, 5.74) is -0.434. The zero-order chi connectivity index (χ0) is 15.9. The van der Waals surface area contributed by atoms with Crippen molar-refractivity contribution in [3.63, 3.8) is 0 Å². The summed E-state index contributed by atoms with van der Waals surface area (Å²) < 4.78 is 31.7. The molecule has 124 valence electrons. The molecule has 1 saturated carbocycles. The maximum Gasteiger partial charge on any atom is 0.303 e. The van der Waals surface area contributed by atoms with Crippen LogP contribution in [0.25, 0.3) is 0 Å². The molecule has 0 amide bonds. The van der Waals surface area contributed by atoms with E-state index in [1.807, 2.05) is 13.8 Å². The number of rotatable bonds is 9. The summed E-state index contributed by atoms with van der Waals surface area (Å²) >= 11 is 0. The van der Waals surface area contributed by atoms with Crippen LogP contribution in [0.1, 0.15) is 52.4 Å². The molecule has 0 radical (unpaired) electrons. The van der Waals surface area contributed by atoms with Crippen LogP contribution >= 0.6 is 0 Å². The summed E-state index contributed by atoms with van der Waals surface area (Å²) in [6.45, 7) is 4.07. The molecule has 0 saturated heterocycles. The molecule has 1 fully saturated rings. The molecule has 2 N–H and O–H groups in total. The maximum absolute atomic E-state index is 11.9. The molecule has 0 aromatic carbocycles. The van der Waals surface area contributed by atoms with E-state index in [9.17, 15) is 13.2 Å². The Morgan fingerprint density at radius 1 is 1.29 bits per heavy atom. The Bertz CT molecular complexity index is 427. The van der Waals surface area contributed by atoms with Gasteiger partial charge in [-0.15, -0.1) is 0 Å². The minimum Gasteiger partial charge on any atom is -0.481 e. The van der Waals surface area contributed by atoms with E-state index in [2.05, 4.69) is 4.72 Å². The van der Waals surface area contributed by atoms with Crippen LogP contribution in [0.2, 0.25) is 0 Å². The molecule has 0 aromatic rings. The van der Waals surface area contributed by atoms with Crippen molar-refractivity contribution in [3.05, 3.63) is 0 Å². The lowest BCUT2D eigenvalue weighted by Crippen LogP contribution is -2.41. The van der Waals surface area contributed by atoms with Crippen molar-refractivity contribution in [2.24, 2.45) is 5.41 Å². The molecular weight excluding hydrogens is 294 g/mol. The lowest BCUT2D eigenvalue weighted by Gasteiger charge is -2.36. The number of hydrogen-bond acceptors (Lipinski definition) is 4. The monoisotopic (exact) mass is 321 g/mol. The standard InChI is InChI=1S/C14H27NO5S/c1-12(2)20-8-9-21(18,19)15-11-14(10-13(16)17)6-4-3-5-7-14/h12,15H,3-11H2,1-2H3,(H,16,17). The van der Waals surface area contributed by atoms with Crippen molar-refractivity contribution in [3.8, 4) is 0 Å². The average Bonchev–Trinajstić information content (AvgIpc) is 2.36. The molecule has 6 nitrogen and oxygen atoms in total. The van der Waals surface area contributed by atoms with Gasteiger partial charge in [0.25, 0.3) is 0 Å². The summed E-state index contributed by atoms with van der Waals surface area (Å²) in [7, 11) is -3.42. The van der Waals surface area contributed by atoms with Gasteiger partial charge in [-0.3, -0.25) is 4.79 Å². The molecule has 1 aliphatic carbocycles. The van der Waals surface area contributed by atoms with Gasteiger partial charge in [-0.05, 0) is 32.1 Å². The Morgan fingerprint density at radius 3 is 2.43 bits per heavy atom. The summed E-state index contributed by atoms with van der Waals surface area (Å²) in [6, 6.07) is 0. The first-order valence-electron chi connectivity index (χ1n) is 7.55. The van der Waals surface area contributed by atoms with Crippen LogP contribution in [0.4, 0.5) is 0 Å². The molecule has 7 heteroatoms. The molecule has 0 aromatic heterocycles. The van der Waals surface area contributed by atoms with E-state index in [1.165, 1.54) is 0 Å². The molecule has 0 bridgehead atoms. The Hall–Kier alpha value is -0.660. The number of nitrogens with one attached hydrogen (secondary N) is 1. The van der Waals surface area contributed by atoms with Crippen molar-refractivity contribution < 1.29 is 23.1 Å². The Morgan fingerprint density at radius 2 is 1.90 bits per heavy atom. The highest BCUT2D eigenvalue weighted by Crippen LogP contribution is 2.38. The van der Waals surface area contributed by atoms with Gasteiger partial charge >= 0.3 is 5.97 Å². The van der Waals surface area contributed by atoms with E-state index >= 15 is 0 Å². The highest BCUT2D eigenvalue weighted by Gasteiger charge is 2.35. The summed E-state index contributed by atoms with van der Waals surface area (Å²) in [6.07, 6.45) is 4.58. The van der Waals surface area contributed by atoms with Crippen LogP contribution in [0.15, 0.2) is 0 Å². The predicted molar refractivity (Wildman–Crippen MR) is 80.6 cm³/mol. The lowest BCUT2D eigenvalue weighted by atomic mass is 9.72. The number of carbonyl (C=O) groups is 1. The van der Waals surface area contributed by atoms with Gasteiger partial charge in [0.15, 0.2) is 0 Å². The van der Waals surface area contributed by atoms with Crippen LogP contribution in [0.5, 0.6) is 0 Å². The van der Waals surface area contributed by atoms with Crippen molar-refractivity contribution in [1.29, 1.82) is 0 Å². The van der Waals surface area contributed by atoms with E-state index in [-0.39, 0.29) is 31.4 Å². The first-order chi connectivity index (χ1) is 9.75. The number of ether oxygens (including phenoxy) is 1. The van der Waals surface area contributed by atoms with Crippen LogP contribution < -0.4 is 4.72 Å². The smallest absolute Gasteiger partial charge is 0.303 e. The van der Waals surface area contributed by atoms with Crippen LogP contribution in [0.3, 0.4) is 0 Å². The van der Waals surface area contributed by atoms with Gasteiger partial charge in [0.2, 0.25) is 10.0 Å². The third-order valence-electron chi connectivity index (χ3n) is 3.91. The molecular formula is C14H27NO5S. The van der Waals surface area contributed by atoms with Gasteiger partial charge in [0.05, 0.1) is 24.9 Å². The fourth-order valence-electron chi connectivity index (χ4n) is 2.77. The fourth-order valence-corrected chi connectivity index (χ4v) is 3.75. The van der Waals surface area contributed by atoms with Crippen molar-refractivity contribution in [1.82, 2.24) is 4.72 Å². The first kappa shape index (κ1) is 18.4. The van der Waals surface area contributed by atoms with E-state index < -0.39 is 21.4 Å². The first-order valence-corrected chi connectivity index (χ1v) is 9.21. The van der Waals surface area contributed by atoms with Crippen LogP contribution in [0, 0.1) is 5.41 Å². The second kappa shape index (κ2) is 8.10. The summed E-state index contributed by atoms with van der Waals surface area (Å²) in [4.78, 5) is 11.0. The summed E-state index contributed by atoms with van der Waals surface area (Å²) in [5, 5.41) is 9.07. The third kappa shape index (κ3) is 7.24. The van der Waals surface area contributed by atoms with Gasteiger partial charge in [-0.25, -0.2) is 13.1 Å². The minimum absolute atomic E-state index is 0.00287. The molecule has 0 unspecified atom stereocenters. The van der Waals surface area contributed by atoms with E-state index in [0.29, 0.717) is 0 Å². The quantitative estimate of drug-likeness (QED) is 0.675. The molecule has 0 spiro atoms. The zero-order valence-electron chi connectivity index (χ0n) is 12.9. The molecule has 21 heavy (non-hydrogen) atoms. The van der Waals surface area contributed by atoms with E-state index in [4.69, 9.17) is 9.84 Å². The highest BCUT2D eigenvalue weighted by atomic mass is 32.2. The minimum atomic E-state index is -3.42. The van der Waals surface area contributed by atoms with Crippen LogP contribution in [-0.2, 0) is 19.6 Å².